The second kappa shape index (κ2) is 8.81. The minimum Gasteiger partial charge on any atom is -0.459 e. The first-order valence-corrected chi connectivity index (χ1v) is 8.81. The highest BCUT2D eigenvalue weighted by atomic mass is 16.5. The summed E-state index contributed by atoms with van der Waals surface area (Å²) in [5.41, 5.74) is 3.19. The van der Waals surface area contributed by atoms with Gasteiger partial charge in [0.25, 0.3) is 5.91 Å². The van der Waals surface area contributed by atoms with Gasteiger partial charge in [0.2, 0.25) is 0 Å². The highest BCUT2D eigenvalue weighted by molar-refractivity contribution is 6.02. The van der Waals surface area contributed by atoms with Crippen molar-refractivity contribution < 1.29 is 14.3 Å². The van der Waals surface area contributed by atoms with Crippen LogP contribution in [0.15, 0.2) is 84.9 Å². The third kappa shape index (κ3) is 4.82. The van der Waals surface area contributed by atoms with Crippen molar-refractivity contribution in [1.82, 2.24) is 5.32 Å². The van der Waals surface area contributed by atoms with Gasteiger partial charge in [-0.15, -0.1) is 0 Å². The molecule has 0 aliphatic rings. The molecule has 0 radical (unpaired) electrons. The molecular weight excluding hydrogens is 338 g/mol. The lowest BCUT2D eigenvalue weighted by molar-refractivity contribution is -0.146. The van der Waals surface area contributed by atoms with E-state index < -0.39 is 12.0 Å². The third-order valence-electron chi connectivity index (χ3n) is 4.18. The van der Waals surface area contributed by atoms with E-state index in [2.05, 4.69) is 5.32 Å². The Morgan fingerprint density at radius 2 is 1.44 bits per heavy atom. The number of ether oxygens (including phenoxy) is 1. The van der Waals surface area contributed by atoms with Crippen LogP contribution in [0.3, 0.4) is 0 Å². The van der Waals surface area contributed by atoms with E-state index >= 15 is 0 Å². The molecule has 0 fully saturated rings. The number of carbonyl (C=O) groups is 2. The van der Waals surface area contributed by atoms with Gasteiger partial charge in [-0.05, 0) is 29.7 Å². The normalized spacial score (nSPS) is 11.4. The van der Waals surface area contributed by atoms with Gasteiger partial charge in [0.05, 0.1) is 0 Å². The summed E-state index contributed by atoms with van der Waals surface area (Å²) in [5.74, 6) is -0.775. The Balaban J connectivity index is 1.66. The van der Waals surface area contributed by atoms with Crippen LogP contribution in [0, 0.1) is 0 Å². The van der Waals surface area contributed by atoms with Gasteiger partial charge in [-0.1, -0.05) is 78.9 Å². The first-order valence-electron chi connectivity index (χ1n) is 8.81. The number of nitrogens with one attached hydrogen (secondary N) is 1. The van der Waals surface area contributed by atoms with Crippen molar-refractivity contribution in [3.05, 3.63) is 96.1 Å². The maximum absolute atomic E-state index is 12.7. The molecule has 3 aromatic carbocycles. The van der Waals surface area contributed by atoms with E-state index in [-0.39, 0.29) is 12.5 Å². The molecule has 136 valence electrons. The first-order chi connectivity index (χ1) is 13.1. The second-order valence-electron chi connectivity index (χ2n) is 6.20. The molecule has 4 nitrogen and oxygen atoms in total. The molecule has 0 saturated heterocycles. The molecule has 0 unspecified atom stereocenters. The Bertz CT molecular complexity index is 907. The Labute approximate surface area is 158 Å². The van der Waals surface area contributed by atoms with Crippen molar-refractivity contribution in [3.8, 4) is 11.1 Å². The zero-order valence-electron chi connectivity index (χ0n) is 15.1. The largest absolute Gasteiger partial charge is 0.459 e. The van der Waals surface area contributed by atoms with E-state index in [4.69, 9.17) is 4.74 Å². The predicted octanol–water partition coefficient (Wildman–Crippen LogP) is 4.22. The van der Waals surface area contributed by atoms with Gasteiger partial charge in [-0.3, -0.25) is 4.79 Å². The van der Waals surface area contributed by atoms with E-state index in [0.29, 0.717) is 5.56 Å². The molecule has 1 N–H and O–H groups in total. The number of amides is 1. The van der Waals surface area contributed by atoms with Crippen molar-refractivity contribution in [2.75, 3.05) is 0 Å². The Morgan fingerprint density at radius 1 is 0.852 bits per heavy atom. The summed E-state index contributed by atoms with van der Waals surface area (Å²) < 4.78 is 5.29. The highest BCUT2D eigenvalue weighted by Gasteiger charge is 2.20. The Hall–Kier alpha value is -3.40. The first kappa shape index (κ1) is 18.4. The fourth-order valence-corrected chi connectivity index (χ4v) is 2.74. The fraction of sp³-hybridized carbons (Fsp3) is 0.130. The number of hydrogen-bond donors (Lipinski definition) is 1. The summed E-state index contributed by atoms with van der Waals surface area (Å²) in [6.45, 7) is 1.80. The number of rotatable bonds is 6. The van der Waals surface area contributed by atoms with Crippen LogP contribution in [-0.4, -0.2) is 17.9 Å². The number of hydrogen-bond acceptors (Lipinski definition) is 3. The minimum atomic E-state index is -0.745. The molecule has 0 bridgehead atoms. The molecule has 4 heteroatoms. The summed E-state index contributed by atoms with van der Waals surface area (Å²) >= 11 is 0. The van der Waals surface area contributed by atoms with Crippen LogP contribution in [0.25, 0.3) is 11.1 Å². The zero-order valence-corrected chi connectivity index (χ0v) is 15.1. The highest BCUT2D eigenvalue weighted by Crippen LogP contribution is 2.23. The van der Waals surface area contributed by atoms with E-state index in [0.717, 1.165) is 16.7 Å². The van der Waals surface area contributed by atoms with Crippen LogP contribution in [0.5, 0.6) is 0 Å². The van der Waals surface area contributed by atoms with Crippen LogP contribution in [0.2, 0.25) is 0 Å². The molecule has 27 heavy (non-hydrogen) atoms. The van der Waals surface area contributed by atoms with Gasteiger partial charge in [-0.25, -0.2) is 4.79 Å². The Kier molecular flexibility index (Phi) is 6.00. The van der Waals surface area contributed by atoms with Crippen LogP contribution < -0.4 is 5.32 Å². The number of esters is 1. The molecule has 3 rings (SSSR count). The zero-order chi connectivity index (χ0) is 19.1. The second-order valence-corrected chi connectivity index (χ2v) is 6.20. The molecule has 1 amide bonds. The van der Waals surface area contributed by atoms with E-state index in [9.17, 15) is 9.59 Å². The summed E-state index contributed by atoms with van der Waals surface area (Å²) in [5, 5.41) is 2.73. The maximum Gasteiger partial charge on any atom is 0.328 e. The van der Waals surface area contributed by atoms with Crippen LogP contribution in [0.1, 0.15) is 22.8 Å². The number of carbonyl (C=O) groups excluding carboxylic acids is 2. The third-order valence-corrected chi connectivity index (χ3v) is 4.18. The lowest BCUT2D eigenvalue weighted by Gasteiger charge is -2.15. The van der Waals surface area contributed by atoms with E-state index in [1.807, 2.05) is 72.8 Å². The van der Waals surface area contributed by atoms with Gasteiger partial charge < -0.3 is 10.1 Å². The molecular formula is C23H21NO3. The molecule has 1 atom stereocenters. The summed E-state index contributed by atoms with van der Waals surface area (Å²) in [4.78, 5) is 24.9. The van der Waals surface area contributed by atoms with Crippen LogP contribution >= 0.6 is 0 Å². The standard InChI is InChI=1S/C23H21NO3/c1-17(23(26)27-16-18-10-4-2-5-11-18)24-22(25)21-15-9-8-14-20(21)19-12-6-3-7-13-19/h2-15,17H,16H2,1H3,(H,24,25)/t17-/m0/s1. The monoisotopic (exact) mass is 359 g/mol. The topological polar surface area (TPSA) is 55.4 Å². The van der Waals surface area contributed by atoms with Crippen molar-refractivity contribution in [2.24, 2.45) is 0 Å². The summed E-state index contributed by atoms with van der Waals surface area (Å²) in [7, 11) is 0. The van der Waals surface area contributed by atoms with Crippen molar-refractivity contribution >= 4 is 11.9 Å². The minimum absolute atomic E-state index is 0.181. The summed E-state index contributed by atoms with van der Waals surface area (Å²) in [6.07, 6.45) is 0. The van der Waals surface area contributed by atoms with Crippen LogP contribution in [-0.2, 0) is 16.1 Å². The molecule has 0 saturated carbocycles. The number of benzene rings is 3. The fourth-order valence-electron chi connectivity index (χ4n) is 2.74. The van der Waals surface area contributed by atoms with Gasteiger partial charge in [0.15, 0.2) is 0 Å². The summed E-state index contributed by atoms with van der Waals surface area (Å²) in [6, 6.07) is 25.7. The molecule has 3 aromatic rings. The van der Waals surface area contributed by atoms with Gasteiger partial charge in [-0.2, -0.15) is 0 Å². The van der Waals surface area contributed by atoms with E-state index in [1.165, 1.54) is 0 Å². The van der Waals surface area contributed by atoms with Gasteiger partial charge in [0, 0.05) is 5.56 Å². The average molecular weight is 359 g/mol. The molecule has 0 aromatic heterocycles. The lowest BCUT2D eigenvalue weighted by Crippen LogP contribution is -2.39. The average Bonchev–Trinajstić information content (AvgIpc) is 2.73. The Morgan fingerprint density at radius 3 is 2.15 bits per heavy atom. The smallest absolute Gasteiger partial charge is 0.328 e. The molecule has 0 aliphatic heterocycles. The van der Waals surface area contributed by atoms with Crippen molar-refractivity contribution in [2.45, 2.75) is 19.6 Å². The molecule has 0 spiro atoms. The quantitative estimate of drug-likeness (QED) is 0.671. The van der Waals surface area contributed by atoms with Crippen LogP contribution in [0.4, 0.5) is 0 Å². The van der Waals surface area contributed by atoms with Gasteiger partial charge >= 0.3 is 5.97 Å². The SMILES string of the molecule is C[C@H](NC(=O)c1ccccc1-c1ccccc1)C(=O)OCc1ccccc1. The van der Waals surface area contributed by atoms with Crippen molar-refractivity contribution in [1.29, 1.82) is 0 Å². The maximum atomic E-state index is 12.7. The predicted molar refractivity (Wildman–Crippen MR) is 105 cm³/mol. The van der Waals surface area contributed by atoms with E-state index in [1.54, 1.807) is 19.1 Å². The van der Waals surface area contributed by atoms with Gasteiger partial charge in [0.1, 0.15) is 12.6 Å². The lowest BCUT2D eigenvalue weighted by atomic mass is 9.99. The van der Waals surface area contributed by atoms with Crippen molar-refractivity contribution in [3.63, 3.8) is 0 Å². The molecule has 0 aliphatic carbocycles. The molecule has 0 heterocycles.